The maximum atomic E-state index is 11.8. The molecule has 0 radical (unpaired) electrons. The quantitative estimate of drug-likeness (QED) is 0.786. The van der Waals surface area contributed by atoms with Crippen LogP contribution in [-0.4, -0.2) is 12.5 Å². The number of nitrogens with one attached hydrogen (secondary N) is 1. The number of carbonyl (C=O) groups is 1. The number of benzene rings is 1. The molecule has 2 atom stereocenters. The first-order chi connectivity index (χ1) is 8.15. The summed E-state index contributed by atoms with van der Waals surface area (Å²) < 4.78 is 0. The molecule has 1 aliphatic rings. The molecule has 1 fully saturated rings. The van der Waals surface area contributed by atoms with Gasteiger partial charge in [0.25, 0.3) is 5.91 Å². The van der Waals surface area contributed by atoms with E-state index in [1.807, 2.05) is 0 Å². The topological polar surface area (TPSA) is 55.1 Å². The molecular formula is C14H20N2O. The van der Waals surface area contributed by atoms with Gasteiger partial charge in [-0.3, -0.25) is 4.79 Å². The standard InChI is InChI=1S/C14H20N2O/c1-10-2-3-11(8-10)9-16-14(17)12-4-6-13(15)7-5-12/h4-7,10-11H,2-3,8-9,15H2,1H3,(H,16,17). The molecule has 0 spiro atoms. The van der Waals surface area contributed by atoms with Crippen molar-refractivity contribution in [1.82, 2.24) is 5.32 Å². The Balaban J connectivity index is 1.83. The zero-order chi connectivity index (χ0) is 12.3. The molecule has 0 aromatic heterocycles. The van der Waals surface area contributed by atoms with Gasteiger partial charge in [-0.15, -0.1) is 0 Å². The maximum absolute atomic E-state index is 11.8. The maximum Gasteiger partial charge on any atom is 0.251 e. The molecule has 3 heteroatoms. The Bertz CT molecular complexity index is 386. The summed E-state index contributed by atoms with van der Waals surface area (Å²) in [5.41, 5.74) is 6.96. The summed E-state index contributed by atoms with van der Waals surface area (Å²) in [7, 11) is 0. The minimum absolute atomic E-state index is 0.00422. The lowest BCUT2D eigenvalue weighted by molar-refractivity contribution is 0.0947. The van der Waals surface area contributed by atoms with Crippen LogP contribution >= 0.6 is 0 Å². The first-order valence-electron chi connectivity index (χ1n) is 6.29. The van der Waals surface area contributed by atoms with Crippen molar-refractivity contribution in [3.63, 3.8) is 0 Å². The van der Waals surface area contributed by atoms with Crippen LogP contribution in [0, 0.1) is 11.8 Å². The first-order valence-corrected chi connectivity index (χ1v) is 6.29. The summed E-state index contributed by atoms with van der Waals surface area (Å²) in [5, 5.41) is 3.00. The minimum Gasteiger partial charge on any atom is -0.399 e. The number of hydrogen-bond acceptors (Lipinski definition) is 2. The number of anilines is 1. The minimum atomic E-state index is 0.00422. The predicted octanol–water partition coefficient (Wildman–Crippen LogP) is 2.43. The zero-order valence-electron chi connectivity index (χ0n) is 10.3. The zero-order valence-corrected chi connectivity index (χ0v) is 10.3. The van der Waals surface area contributed by atoms with Crippen LogP contribution in [0.3, 0.4) is 0 Å². The Hall–Kier alpha value is -1.51. The molecule has 3 N–H and O–H groups in total. The van der Waals surface area contributed by atoms with Crippen LogP contribution in [-0.2, 0) is 0 Å². The first kappa shape index (κ1) is 12.0. The third kappa shape index (κ3) is 3.22. The van der Waals surface area contributed by atoms with Crippen molar-refractivity contribution in [1.29, 1.82) is 0 Å². The molecule has 1 saturated carbocycles. The van der Waals surface area contributed by atoms with Crippen LogP contribution in [0.2, 0.25) is 0 Å². The van der Waals surface area contributed by atoms with E-state index in [1.165, 1.54) is 19.3 Å². The van der Waals surface area contributed by atoms with Gasteiger partial charge in [-0.2, -0.15) is 0 Å². The number of rotatable bonds is 3. The molecule has 2 rings (SSSR count). The van der Waals surface area contributed by atoms with Gasteiger partial charge < -0.3 is 11.1 Å². The van der Waals surface area contributed by atoms with Crippen LogP contribution in [0.25, 0.3) is 0 Å². The van der Waals surface area contributed by atoms with Crippen LogP contribution in [0.5, 0.6) is 0 Å². The third-order valence-corrected chi connectivity index (χ3v) is 3.53. The molecule has 0 saturated heterocycles. The molecule has 92 valence electrons. The van der Waals surface area contributed by atoms with Gasteiger partial charge in [0, 0.05) is 17.8 Å². The average molecular weight is 232 g/mol. The molecule has 0 heterocycles. The lowest BCUT2D eigenvalue weighted by Gasteiger charge is -2.11. The lowest BCUT2D eigenvalue weighted by Crippen LogP contribution is -2.28. The second kappa shape index (κ2) is 5.21. The summed E-state index contributed by atoms with van der Waals surface area (Å²) in [6, 6.07) is 7.04. The largest absolute Gasteiger partial charge is 0.399 e. The summed E-state index contributed by atoms with van der Waals surface area (Å²) >= 11 is 0. The number of carbonyl (C=O) groups excluding carboxylic acids is 1. The van der Waals surface area contributed by atoms with E-state index in [4.69, 9.17) is 5.73 Å². The molecule has 1 amide bonds. The van der Waals surface area contributed by atoms with Gasteiger partial charge >= 0.3 is 0 Å². The molecule has 1 aromatic rings. The Labute approximate surface area is 102 Å². The van der Waals surface area contributed by atoms with E-state index < -0.39 is 0 Å². The van der Waals surface area contributed by atoms with E-state index in [1.54, 1.807) is 24.3 Å². The Morgan fingerprint density at radius 1 is 1.35 bits per heavy atom. The highest BCUT2D eigenvalue weighted by molar-refractivity contribution is 5.94. The van der Waals surface area contributed by atoms with Crippen molar-refractivity contribution in [3.8, 4) is 0 Å². The molecule has 0 bridgehead atoms. The molecule has 1 aliphatic carbocycles. The summed E-state index contributed by atoms with van der Waals surface area (Å²) in [5.74, 6) is 1.47. The molecule has 0 aliphatic heterocycles. The third-order valence-electron chi connectivity index (χ3n) is 3.53. The number of amides is 1. The van der Waals surface area contributed by atoms with Gasteiger partial charge in [0.1, 0.15) is 0 Å². The average Bonchev–Trinajstić information content (AvgIpc) is 2.73. The summed E-state index contributed by atoms with van der Waals surface area (Å²) in [6.07, 6.45) is 3.77. The number of nitrogens with two attached hydrogens (primary N) is 1. The highest BCUT2D eigenvalue weighted by Gasteiger charge is 2.21. The Morgan fingerprint density at radius 3 is 2.65 bits per heavy atom. The van der Waals surface area contributed by atoms with E-state index >= 15 is 0 Å². The fraction of sp³-hybridized carbons (Fsp3) is 0.500. The SMILES string of the molecule is CC1CCC(CNC(=O)c2ccc(N)cc2)C1. The van der Waals surface area contributed by atoms with Crippen molar-refractivity contribution in [2.75, 3.05) is 12.3 Å². The summed E-state index contributed by atoms with van der Waals surface area (Å²) in [4.78, 5) is 11.8. The Morgan fingerprint density at radius 2 is 2.06 bits per heavy atom. The van der Waals surface area contributed by atoms with E-state index in [0.29, 0.717) is 17.2 Å². The Kier molecular flexibility index (Phi) is 3.67. The normalized spacial score (nSPS) is 23.6. The van der Waals surface area contributed by atoms with E-state index in [0.717, 1.165) is 12.5 Å². The van der Waals surface area contributed by atoms with Crippen molar-refractivity contribution >= 4 is 11.6 Å². The highest BCUT2D eigenvalue weighted by atomic mass is 16.1. The van der Waals surface area contributed by atoms with Crippen molar-refractivity contribution in [2.45, 2.75) is 26.2 Å². The monoisotopic (exact) mass is 232 g/mol. The fourth-order valence-electron chi connectivity index (χ4n) is 2.48. The molecule has 17 heavy (non-hydrogen) atoms. The van der Waals surface area contributed by atoms with Crippen LogP contribution in [0.1, 0.15) is 36.5 Å². The van der Waals surface area contributed by atoms with E-state index in [2.05, 4.69) is 12.2 Å². The van der Waals surface area contributed by atoms with Crippen LogP contribution in [0.15, 0.2) is 24.3 Å². The molecule has 1 aromatic carbocycles. The number of nitrogen functional groups attached to an aromatic ring is 1. The van der Waals surface area contributed by atoms with Gasteiger partial charge in [0.2, 0.25) is 0 Å². The lowest BCUT2D eigenvalue weighted by atomic mass is 10.1. The summed E-state index contributed by atoms with van der Waals surface area (Å²) in [6.45, 7) is 3.08. The van der Waals surface area contributed by atoms with Gasteiger partial charge in [-0.1, -0.05) is 13.3 Å². The van der Waals surface area contributed by atoms with Crippen molar-refractivity contribution < 1.29 is 4.79 Å². The van der Waals surface area contributed by atoms with Crippen molar-refractivity contribution in [3.05, 3.63) is 29.8 Å². The van der Waals surface area contributed by atoms with E-state index in [-0.39, 0.29) is 5.91 Å². The molecule has 3 nitrogen and oxygen atoms in total. The van der Waals surface area contributed by atoms with Gasteiger partial charge in [-0.05, 0) is 48.9 Å². The smallest absolute Gasteiger partial charge is 0.251 e. The predicted molar refractivity (Wildman–Crippen MR) is 69.7 cm³/mol. The highest BCUT2D eigenvalue weighted by Crippen LogP contribution is 2.29. The molecule has 2 unspecified atom stereocenters. The van der Waals surface area contributed by atoms with Gasteiger partial charge in [0.05, 0.1) is 0 Å². The fourth-order valence-corrected chi connectivity index (χ4v) is 2.48. The second-order valence-corrected chi connectivity index (χ2v) is 5.12. The van der Waals surface area contributed by atoms with Crippen molar-refractivity contribution in [2.24, 2.45) is 11.8 Å². The van der Waals surface area contributed by atoms with Gasteiger partial charge in [0.15, 0.2) is 0 Å². The van der Waals surface area contributed by atoms with Crippen LogP contribution in [0.4, 0.5) is 5.69 Å². The number of hydrogen-bond donors (Lipinski definition) is 2. The van der Waals surface area contributed by atoms with Crippen LogP contribution < -0.4 is 11.1 Å². The van der Waals surface area contributed by atoms with Gasteiger partial charge in [-0.25, -0.2) is 0 Å². The van der Waals surface area contributed by atoms with E-state index in [9.17, 15) is 4.79 Å². The second-order valence-electron chi connectivity index (χ2n) is 5.12. The molecular weight excluding hydrogens is 212 g/mol.